The fourth-order valence-electron chi connectivity index (χ4n) is 6.84. The van der Waals surface area contributed by atoms with Gasteiger partial charge in [0.15, 0.2) is 23.7 Å². The molecule has 0 radical (unpaired) electrons. The Kier molecular flexibility index (Phi) is 10.4. The summed E-state index contributed by atoms with van der Waals surface area (Å²) in [6.45, 7) is 3.34. The zero-order valence-electron chi connectivity index (χ0n) is 24.5. The van der Waals surface area contributed by atoms with Crippen LogP contribution in [0.25, 0.3) is 0 Å². The van der Waals surface area contributed by atoms with E-state index in [1.165, 1.54) is 25.3 Å². The van der Waals surface area contributed by atoms with Gasteiger partial charge in [0.25, 0.3) is 0 Å². The van der Waals surface area contributed by atoms with Gasteiger partial charge in [0.05, 0.1) is 19.1 Å². The highest BCUT2D eigenvalue weighted by atomic mass is 19.3. The van der Waals surface area contributed by atoms with Crippen molar-refractivity contribution in [2.45, 2.75) is 89.4 Å². The third-order valence-electron chi connectivity index (χ3n) is 9.42. The lowest BCUT2D eigenvalue weighted by atomic mass is 9.76. The quantitative estimate of drug-likeness (QED) is 0.161. The van der Waals surface area contributed by atoms with E-state index in [2.05, 4.69) is 23.8 Å². The number of hydrogen-bond acceptors (Lipinski definition) is 3. The number of halogens is 6. The summed E-state index contributed by atoms with van der Waals surface area (Å²) < 4.78 is 101. The van der Waals surface area contributed by atoms with Crippen molar-refractivity contribution in [2.24, 2.45) is 23.7 Å². The molecule has 0 atom stereocenters. The number of rotatable bonds is 9. The van der Waals surface area contributed by atoms with Gasteiger partial charge in [-0.05, 0) is 87.2 Å². The Balaban J connectivity index is 1.10. The van der Waals surface area contributed by atoms with Gasteiger partial charge in [0.2, 0.25) is 0 Å². The van der Waals surface area contributed by atoms with E-state index in [9.17, 15) is 22.0 Å². The molecule has 0 aromatic heterocycles. The molecule has 2 aromatic carbocycles. The van der Waals surface area contributed by atoms with Gasteiger partial charge in [-0.15, -0.1) is 0 Å². The van der Waals surface area contributed by atoms with Crippen LogP contribution >= 0.6 is 0 Å². The minimum absolute atomic E-state index is 0.0260. The van der Waals surface area contributed by atoms with Crippen molar-refractivity contribution in [3.63, 3.8) is 0 Å². The lowest BCUT2D eigenvalue weighted by Crippen LogP contribution is -2.37. The van der Waals surface area contributed by atoms with Crippen molar-refractivity contribution in [2.75, 3.05) is 13.2 Å². The molecule has 2 aromatic rings. The van der Waals surface area contributed by atoms with Gasteiger partial charge in [0.1, 0.15) is 11.6 Å². The minimum atomic E-state index is -3.72. The molecule has 43 heavy (non-hydrogen) atoms. The molecule has 1 aliphatic heterocycles. The van der Waals surface area contributed by atoms with Crippen LogP contribution in [0.3, 0.4) is 0 Å². The van der Waals surface area contributed by atoms with Gasteiger partial charge < -0.3 is 14.2 Å². The third-order valence-corrected chi connectivity index (χ3v) is 9.42. The Morgan fingerprint density at radius 3 is 2.07 bits per heavy atom. The van der Waals surface area contributed by atoms with E-state index in [1.54, 1.807) is 12.1 Å². The lowest BCUT2D eigenvalue weighted by molar-refractivity contribution is -0.222. The predicted octanol–water partition coefficient (Wildman–Crippen LogP) is 10.0. The molecule has 3 nitrogen and oxygen atoms in total. The Morgan fingerprint density at radius 2 is 1.47 bits per heavy atom. The van der Waals surface area contributed by atoms with Gasteiger partial charge in [-0.3, -0.25) is 0 Å². The van der Waals surface area contributed by atoms with Crippen molar-refractivity contribution in [3.8, 4) is 5.75 Å². The first kappa shape index (κ1) is 31.9. The molecule has 5 rings (SSSR count). The van der Waals surface area contributed by atoms with Crippen molar-refractivity contribution >= 4 is 0 Å². The Labute approximate surface area is 249 Å². The number of ether oxygens (including phenoxy) is 3. The highest BCUT2D eigenvalue weighted by Crippen LogP contribution is 2.44. The van der Waals surface area contributed by atoms with Crippen molar-refractivity contribution < 1.29 is 40.6 Å². The molecule has 236 valence electrons. The molecule has 3 aliphatic rings. The summed E-state index contributed by atoms with van der Waals surface area (Å²) in [5.74, 6) is -6.09. The molecule has 9 heteroatoms. The molecule has 0 bridgehead atoms. The topological polar surface area (TPSA) is 27.7 Å². The van der Waals surface area contributed by atoms with Crippen LogP contribution in [0, 0.1) is 46.9 Å². The second-order valence-electron chi connectivity index (χ2n) is 12.3. The Bertz CT molecular complexity index is 1220. The maximum Gasteiger partial charge on any atom is 0.400 e. The monoisotopic (exact) mass is 610 g/mol. The van der Waals surface area contributed by atoms with E-state index in [-0.39, 0.29) is 18.8 Å². The van der Waals surface area contributed by atoms with Crippen molar-refractivity contribution in [3.05, 3.63) is 76.9 Å². The fraction of sp³-hybridized carbons (Fsp3) is 0.588. The summed E-state index contributed by atoms with van der Waals surface area (Å²) >= 11 is 0. The summed E-state index contributed by atoms with van der Waals surface area (Å²) in [6, 6.07) is 5.66. The Morgan fingerprint density at radius 1 is 0.814 bits per heavy atom. The molecular weight excluding hydrogens is 570 g/mol. The van der Waals surface area contributed by atoms with E-state index >= 15 is 4.39 Å². The van der Waals surface area contributed by atoms with E-state index < -0.39 is 47.3 Å². The maximum absolute atomic E-state index is 15.2. The molecule has 2 aliphatic carbocycles. The van der Waals surface area contributed by atoms with E-state index in [0.717, 1.165) is 19.3 Å². The molecule has 0 N–H and O–H groups in total. The Hall–Kier alpha value is -2.52. The summed E-state index contributed by atoms with van der Waals surface area (Å²) in [7, 11) is 0. The third kappa shape index (κ3) is 7.77. The van der Waals surface area contributed by atoms with Crippen LogP contribution in [0.5, 0.6) is 5.75 Å². The molecule has 0 unspecified atom stereocenters. The average Bonchev–Trinajstić information content (AvgIpc) is 3.00. The molecule has 2 saturated carbocycles. The second kappa shape index (κ2) is 14.1. The van der Waals surface area contributed by atoms with Crippen molar-refractivity contribution in [1.29, 1.82) is 0 Å². The van der Waals surface area contributed by atoms with Crippen LogP contribution in [0.4, 0.5) is 26.3 Å². The number of benzene rings is 2. The standard InChI is InChI=1S/C34H40F6O3/c1-2-3-4-5-21-6-8-22(9-7-21)25-19-41-33(42-20-25)24-12-15-28(29(35)16-24)23-10-13-26(14-11-23)34(39,40)43-27-17-30(36)32(38)31(37)18-27/h4-5,12,15-18,21-23,25-26,33H,2-3,6-11,13-14,19-20H2,1H3/b5-4+. The van der Waals surface area contributed by atoms with Gasteiger partial charge in [-0.25, -0.2) is 17.6 Å². The minimum Gasteiger partial charge on any atom is -0.432 e. The molecule has 3 fully saturated rings. The highest BCUT2D eigenvalue weighted by molar-refractivity contribution is 5.29. The second-order valence-corrected chi connectivity index (χ2v) is 12.3. The van der Waals surface area contributed by atoms with Crippen LogP contribution in [-0.4, -0.2) is 19.3 Å². The SMILES string of the molecule is CCC/C=C/C1CCC(C2COC(c3ccc(C4CCC(C(F)(F)Oc5cc(F)c(F)c(F)c5)CC4)c(F)c3)OC2)CC1. The largest absolute Gasteiger partial charge is 0.432 e. The first-order valence-corrected chi connectivity index (χ1v) is 15.5. The number of alkyl halides is 2. The van der Waals surface area contributed by atoms with Gasteiger partial charge in [-0.2, -0.15) is 8.78 Å². The zero-order valence-corrected chi connectivity index (χ0v) is 24.5. The number of unbranched alkanes of at least 4 members (excludes halogenated alkanes) is 1. The molecule has 1 heterocycles. The first-order valence-electron chi connectivity index (χ1n) is 15.5. The number of allylic oxidation sites excluding steroid dienone is 2. The van der Waals surface area contributed by atoms with Crippen LogP contribution in [0.15, 0.2) is 42.5 Å². The average molecular weight is 611 g/mol. The van der Waals surface area contributed by atoms with Gasteiger partial charge in [-0.1, -0.05) is 37.6 Å². The van der Waals surface area contributed by atoms with E-state index in [0.29, 0.717) is 67.1 Å². The molecule has 0 spiro atoms. The van der Waals surface area contributed by atoms with Crippen LogP contribution in [0.1, 0.15) is 94.5 Å². The van der Waals surface area contributed by atoms with Crippen molar-refractivity contribution in [1.82, 2.24) is 0 Å². The van der Waals surface area contributed by atoms with Crippen LogP contribution < -0.4 is 4.74 Å². The zero-order chi connectivity index (χ0) is 30.6. The molecule has 0 amide bonds. The smallest absolute Gasteiger partial charge is 0.400 e. The van der Waals surface area contributed by atoms with Gasteiger partial charge in [0, 0.05) is 23.6 Å². The fourth-order valence-corrected chi connectivity index (χ4v) is 6.84. The summed E-state index contributed by atoms with van der Waals surface area (Å²) in [5.41, 5.74) is 1.05. The molecular formula is C34H40F6O3. The maximum atomic E-state index is 15.2. The predicted molar refractivity (Wildman–Crippen MR) is 151 cm³/mol. The first-order chi connectivity index (χ1) is 20.6. The summed E-state index contributed by atoms with van der Waals surface area (Å²) in [4.78, 5) is 0. The van der Waals surface area contributed by atoms with E-state index in [1.807, 2.05) is 0 Å². The summed E-state index contributed by atoms with van der Waals surface area (Å²) in [6.07, 6.45) is 7.98. The number of hydrogen-bond donors (Lipinski definition) is 0. The van der Waals surface area contributed by atoms with Crippen LogP contribution in [-0.2, 0) is 9.47 Å². The van der Waals surface area contributed by atoms with E-state index in [4.69, 9.17) is 9.47 Å². The summed E-state index contributed by atoms with van der Waals surface area (Å²) in [5, 5.41) is 0. The van der Waals surface area contributed by atoms with Crippen LogP contribution in [0.2, 0.25) is 0 Å². The van der Waals surface area contributed by atoms with Gasteiger partial charge >= 0.3 is 6.11 Å². The highest BCUT2D eigenvalue weighted by Gasteiger charge is 2.44. The normalized spacial score (nSPS) is 28.7. The molecule has 1 saturated heterocycles. The lowest BCUT2D eigenvalue weighted by Gasteiger charge is -2.37.